The molecule has 28 heavy (non-hydrogen) atoms. The van der Waals surface area contributed by atoms with Crippen LogP contribution in [0.5, 0.6) is 5.75 Å². The van der Waals surface area contributed by atoms with Gasteiger partial charge in [0.1, 0.15) is 5.75 Å². The lowest BCUT2D eigenvalue weighted by Gasteiger charge is -2.20. The molecule has 0 bridgehead atoms. The summed E-state index contributed by atoms with van der Waals surface area (Å²) < 4.78 is 29.4. The third kappa shape index (κ3) is 6.78. The fourth-order valence-electron chi connectivity index (χ4n) is 2.80. The lowest BCUT2D eigenvalue weighted by atomic mass is 10.1. The second kappa shape index (κ2) is 11.2. The van der Waals surface area contributed by atoms with Gasteiger partial charge in [0.05, 0.1) is 0 Å². The number of hydrogen-bond donors (Lipinski definition) is 1. The quantitative estimate of drug-likeness (QED) is 0.611. The monoisotopic (exact) mass is 388 g/mol. The molecule has 0 saturated carbocycles. The summed E-state index contributed by atoms with van der Waals surface area (Å²) in [5.41, 5.74) is 2.64. The van der Waals surface area contributed by atoms with Crippen molar-refractivity contribution in [3.8, 4) is 5.75 Å². The van der Waals surface area contributed by atoms with E-state index in [-0.39, 0.29) is 11.7 Å². The van der Waals surface area contributed by atoms with Crippen LogP contribution < -0.4 is 10.1 Å². The highest BCUT2D eigenvalue weighted by Crippen LogP contribution is 2.21. The van der Waals surface area contributed by atoms with E-state index >= 15 is 0 Å². The maximum atomic E-state index is 12.5. The van der Waals surface area contributed by atoms with Crippen LogP contribution in [0.4, 0.5) is 8.78 Å². The Bertz CT molecular complexity index is 790. The fraction of sp³-hybridized carbons (Fsp3) is 0.318. The fourth-order valence-corrected chi connectivity index (χ4v) is 2.80. The average molecular weight is 388 g/mol. The largest absolute Gasteiger partial charge is 0.434 e. The van der Waals surface area contributed by atoms with E-state index in [1.807, 2.05) is 18.2 Å². The molecular formula is C22H26F2N2O2. The molecule has 2 rings (SSSR count). The van der Waals surface area contributed by atoms with Crippen molar-refractivity contribution < 1.29 is 18.3 Å². The maximum Gasteiger partial charge on any atom is 0.387 e. The molecule has 150 valence electrons. The summed E-state index contributed by atoms with van der Waals surface area (Å²) in [7, 11) is 0. The highest BCUT2D eigenvalue weighted by Gasteiger charge is 2.09. The Hall–Kier alpha value is -2.73. The van der Waals surface area contributed by atoms with E-state index < -0.39 is 6.61 Å². The Kier molecular flexibility index (Phi) is 8.62. The number of halogens is 2. The number of nitrogens with one attached hydrogen (secondary N) is 1. The molecule has 0 aromatic heterocycles. The minimum Gasteiger partial charge on any atom is -0.434 e. The molecule has 2 aromatic rings. The first-order valence-corrected chi connectivity index (χ1v) is 9.32. The highest BCUT2D eigenvalue weighted by molar-refractivity contribution is 5.92. The molecule has 1 N–H and O–H groups in total. The molecule has 2 aromatic carbocycles. The van der Waals surface area contributed by atoms with Crippen molar-refractivity contribution in [1.29, 1.82) is 0 Å². The first-order chi connectivity index (χ1) is 13.5. The molecule has 0 atom stereocenters. The summed E-state index contributed by atoms with van der Waals surface area (Å²) in [6, 6.07) is 14.3. The summed E-state index contributed by atoms with van der Waals surface area (Å²) in [5.74, 6) is -0.268. The van der Waals surface area contributed by atoms with Crippen molar-refractivity contribution in [3.63, 3.8) is 0 Å². The summed E-state index contributed by atoms with van der Waals surface area (Å²) in [6.07, 6.45) is 2.79. The van der Waals surface area contributed by atoms with Gasteiger partial charge in [-0.25, -0.2) is 0 Å². The number of carbonyl (C=O) groups excluding carboxylic acids is 1. The number of nitrogens with zero attached hydrogens (tertiary/aromatic N) is 1. The number of para-hydroxylation sites is 1. The molecule has 6 heteroatoms. The van der Waals surface area contributed by atoms with Gasteiger partial charge in [0.25, 0.3) is 0 Å². The van der Waals surface area contributed by atoms with E-state index in [2.05, 4.69) is 34.9 Å². The summed E-state index contributed by atoms with van der Waals surface area (Å²) in [5, 5.41) is 2.85. The van der Waals surface area contributed by atoms with Crippen LogP contribution in [0.1, 0.15) is 30.5 Å². The second-order valence-corrected chi connectivity index (χ2v) is 6.20. The van der Waals surface area contributed by atoms with Gasteiger partial charge in [-0.1, -0.05) is 56.3 Å². The Balaban J connectivity index is 1.99. The van der Waals surface area contributed by atoms with Crippen molar-refractivity contribution in [3.05, 3.63) is 71.3 Å². The zero-order valence-corrected chi connectivity index (χ0v) is 16.2. The molecule has 0 unspecified atom stereocenters. The van der Waals surface area contributed by atoms with Crippen LogP contribution in [0.25, 0.3) is 6.08 Å². The van der Waals surface area contributed by atoms with E-state index in [0.29, 0.717) is 12.1 Å². The number of ether oxygens (including phenoxy) is 1. The number of rotatable bonds is 10. The zero-order valence-electron chi connectivity index (χ0n) is 16.2. The molecule has 0 saturated heterocycles. The van der Waals surface area contributed by atoms with Gasteiger partial charge >= 0.3 is 6.61 Å². The van der Waals surface area contributed by atoms with Crippen LogP contribution in [0.15, 0.2) is 54.6 Å². The number of alkyl halides is 2. The topological polar surface area (TPSA) is 41.6 Å². The Labute approximate surface area is 164 Å². The Morgan fingerprint density at radius 1 is 1.07 bits per heavy atom. The smallest absolute Gasteiger partial charge is 0.387 e. The number of amides is 1. The first kappa shape index (κ1) is 21.6. The van der Waals surface area contributed by atoms with Gasteiger partial charge in [0, 0.05) is 24.7 Å². The lowest BCUT2D eigenvalue weighted by molar-refractivity contribution is -0.116. The standard InChI is InChI=1S/C22H26F2N2O2/c1-3-26(4-2)16-19-11-6-5-10-18(19)15-25-21(27)14-13-17-9-7-8-12-20(17)28-22(23)24/h5-14,22H,3-4,15-16H2,1-2H3,(H,25,27)/b14-13+. The van der Waals surface area contributed by atoms with Crippen LogP contribution in [-0.4, -0.2) is 30.5 Å². The van der Waals surface area contributed by atoms with E-state index in [9.17, 15) is 13.6 Å². The van der Waals surface area contributed by atoms with Gasteiger partial charge in [-0.05, 0) is 36.4 Å². The molecule has 1 amide bonds. The van der Waals surface area contributed by atoms with Gasteiger partial charge in [-0.2, -0.15) is 8.78 Å². The van der Waals surface area contributed by atoms with Crippen molar-refractivity contribution in [2.75, 3.05) is 13.1 Å². The maximum absolute atomic E-state index is 12.5. The normalized spacial score (nSPS) is 11.4. The molecule has 0 spiro atoms. The predicted octanol–water partition coefficient (Wildman–Crippen LogP) is 4.46. The summed E-state index contributed by atoms with van der Waals surface area (Å²) in [4.78, 5) is 14.5. The summed E-state index contributed by atoms with van der Waals surface area (Å²) >= 11 is 0. The molecule has 0 fully saturated rings. The zero-order chi connectivity index (χ0) is 20.4. The third-order valence-corrected chi connectivity index (χ3v) is 4.41. The van der Waals surface area contributed by atoms with E-state index in [4.69, 9.17) is 0 Å². The van der Waals surface area contributed by atoms with Crippen LogP contribution in [0.2, 0.25) is 0 Å². The molecule has 0 radical (unpaired) electrons. The molecule has 4 nitrogen and oxygen atoms in total. The molecule has 0 heterocycles. The van der Waals surface area contributed by atoms with Gasteiger partial charge in [-0.15, -0.1) is 0 Å². The molecule has 0 aliphatic rings. The Morgan fingerprint density at radius 3 is 2.39 bits per heavy atom. The average Bonchev–Trinajstić information content (AvgIpc) is 2.70. The minimum atomic E-state index is -2.91. The van der Waals surface area contributed by atoms with Gasteiger partial charge in [0.2, 0.25) is 5.91 Å². The number of hydrogen-bond acceptors (Lipinski definition) is 3. The molecule has 0 aliphatic carbocycles. The third-order valence-electron chi connectivity index (χ3n) is 4.41. The van der Waals surface area contributed by atoms with E-state index in [0.717, 1.165) is 25.2 Å². The predicted molar refractivity (Wildman–Crippen MR) is 107 cm³/mol. The van der Waals surface area contributed by atoms with Crippen molar-refractivity contribution in [2.45, 2.75) is 33.5 Å². The van der Waals surface area contributed by atoms with Crippen molar-refractivity contribution in [1.82, 2.24) is 10.2 Å². The van der Waals surface area contributed by atoms with Gasteiger partial charge in [-0.3, -0.25) is 9.69 Å². The number of benzene rings is 2. The van der Waals surface area contributed by atoms with E-state index in [1.165, 1.54) is 23.8 Å². The molecule has 0 aliphatic heterocycles. The first-order valence-electron chi connectivity index (χ1n) is 9.32. The SMILES string of the molecule is CCN(CC)Cc1ccccc1CNC(=O)/C=C/c1ccccc1OC(F)F. The summed E-state index contributed by atoms with van der Waals surface area (Å²) in [6.45, 7) is 4.47. The van der Waals surface area contributed by atoms with Gasteiger partial charge < -0.3 is 10.1 Å². The van der Waals surface area contributed by atoms with Crippen LogP contribution in [0.3, 0.4) is 0 Å². The molecular weight excluding hydrogens is 362 g/mol. The number of carbonyl (C=O) groups is 1. The highest BCUT2D eigenvalue weighted by atomic mass is 19.3. The van der Waals surface area contributed by atoms with Crippen LogP contribution in [0, 0.1) is 0 Å². The van der Waals surface area contributed by atoms with Crippen LogP contribution >= 0.6 is 0 Å². The van der Waals surface area contributed by atoms with Crippen molar-refractivity contribution >= 4 is 12.0 Å². The van der Waals surface area contributed by atoms with Crippen molar-refractivity contribution in [2.24, 2.45) is 0 Å². The lowest BCUT2D eigenvalue weighted by Crippen LogP contribution is -2.25. The second-order valence-electron chi connectivity index (χ2n) is 6.20. The Morgan fingerprint density at radius 2 is 1.71 bits per heavy atom. The van der Waals surface area contributed by atoms with Crippen LogP contribution in [-0.2, 0) is 17.9 Å². The van der Waals surface area contributed by atoms with Gasteiger partial charge in [0.15, 0.2) is 0 Å². The minimum absolute atomic E-state index is 0.0334. The van der Waals surface area contributed by atoms with E-state index in [1.54, 1.807) is 18.2 Å².